The molecular formula is C20H36N4O9. The van der Waals surface area contributed by atoms with Gasteiger partial charge in [-0.3, -0.25) is 10.1 Å². The van der Waals surface area contributed by atoms with E-state index in [0.29, 0.717) is 0 Å². The molecule has 0 saturated carbocycles. The Hall–Kier alpha value is -2.48. The average molecular weight is 477 g/mol. The quantitative estimate of drug-likeness (QED) is 0.251. The summed E-state index contributed by atoms with van der Waals surface area (Å²) < 4.78 is 10.3. The normalized spacial score (nSPS) is 24.2. The number of carbonyl (C=O) groups excluding carboxylic acids is 3. The first-order chi connectivity index (χ1) is 14.9. The van der Waals surface area contributed by atoms with Crippen LogP contribution in [0.25, 0.3) is 0 Å². The number of piperidine rings is 1. The summed E-state index contributed by atoms with van der Waals surface area (Å²) in [5.74, 6) is -1.02. The van der Waals surface area contributed by atoms with Crippen molar-refractivity contribution in [2.24, 2.45) is 4.99 Å². The average Bonchev–Trinajstić information content (AvgIpc) is 2.62. The summed E-state index contributed by atoms with van der Waals surface area (Å²) in [7, 11) is 1.36. The molecule has 1 rings (SSSR count). The number of nitrogens with zero attached hydrogens (tertiary/aromatic N) is 3. The maximum atomic E-state index is 12.9. The van der Waals surface area contributed by atoms with Gasteiger partial charge in [0, 0.05) is 13.6 Å². The number of nitrogens with one attached hydrogen (secondary N) is 1. The van der Waals surface area contributed by atoms with Crippen molar-refractivity contribution in [2.75, 3.05) is 26.7 Å². The Labute approximate surface area is 193 Å². The van der Waals surface area contributed by atoms with Gasteiger partial charge in [-0.2, -0.15) is 0 Å². The topological polar surface area (TPSA) is 181 Å². The fourth-order valence-electron chi connectivity index (χ4n) is 2.92. The second-order valence-corrected chi connectivity index (χ2v) is 9.74. The number of guanidine groups is 1. The lowest BCUT2D eigenvalue weighted by Gasteiger charge is -2.43. The zero-order chi connectivity index (χ0) is 25.7. The van der Waals surface area contributed by atoms with Crippen molar-refractivity contribution in [3.63, 3.8) is 0 Å². The number of amides is 3. The molecule has 33 heavy (non-hydrogen) atoms. The predicted molar refractivity (Wildman–Crippen MR) is 116 cm³/mol. The van der Waals surface area contributed by atoms with Crippen molar-refractivity contribution < 1.29 is 44.3 Å². The lowest BCUT2D eigenvalue weighted by atomic mass is 9.94. The van der Waals surface area contributed by atoms with E-state index in [2.05, 4.69) is 10.3 Å². The molecule has 0 aromatic heterocycles. The van der Waals surface area contributed by atoms with E-state index >= 15 is 0 Å². The molecule has 1 aliphatic heterocycles. The van der Waals surface area contributed by atoms with Gasteiger partial charge in [-0.1, -0.05) is 0 Å². The molecule has 3 amide bonds. The molecule has 1 aliphatic rings. The van der Waals surface area contributed by atoms with Gasteiger partial charge in [-0.25, -0.2) is 9.59 Å². The van der Waals surface area contributed by atoms with E-state index in [1.807, 2.05) is 0 Å². The third-order valence-corrected chi connectivity index (χ3v) is 4.37. The minimum atomic E-state index is -1.57. The highest BCUT2D eigenvalue weighted by Crippen LogP contribution is 2.19. The second-order valence-electron chi connectivity index (χ2n) is 9.74. The number of likely N-dealkylation sites (tertiary alicyclic amines) is 1. The molecular weight excluding hydrogens is 440 g/mol. The van der Waals surface area contributed by atoms with Crippen LogP contribution in [0, 0.1) is 0 Å². The van der Waals surface area contributed by atoms with Crippen molar-refractivity contribution in [2.45, 2.75) is 77.1 Å². The van der Waals surface area contributed by atoms with Crippen LogP contribution >= 0.6 is 0 Å². The Morgan fingerprint density at radius 1 is 1.03 bits per heavy atom. The molecule has 1 heterocycles. The van der Waals surface area contributed by atoms with Crippen LogP contribution in [0.2, 0.25) is 0 Å². The zero-order valence-corrected chi connectivity index (χ0v) is 20.1. The fraction of sp³-hybridized carbons (Fsp3) is 0.800. The van der Waals surface area contributed by atoms with E-state index < -0.39 is 66.8 Å². The summed E-state index contributed by atoms with van der Waals surface area (Å²) in [4.78, 5) is 43.2. The number of aliphatic imine (C=N–C) groups is 1. The Kier molecular flexibility index (Phi) is 9.60. The molecule has 190 valence electrons. The number of aliphatic hydroxyl groups is 4. The Morgan fingerprint density at radius 2 is 1.58 bits per heavy atom. The van der Waals surface area contributed by atoms with Crippen LogP contribution in [0.3, 0.4) is 0 Å². The van der Waals surface area contributed by atoms with Crippen LogP contribution in [0.1, 0.15) is 41.5 Å². The molecule has 0 aromatic carbocycles. The van der Waals surface area contributed by atoms with Gasteiger partial charge in [0.05, 0.1) is 19.2 Å². The van der Waals surface area contributed by atoms with E-state index in [1.165, 1.54) is 7.05 Å². The molecule has 1 unspecified atom stereocenters. The minimum absolute atomic E-state index is 0.339. The predicted octanol–water partition coefficient (Wildman–Crippen LogP) is -0.980. The monoisotopic (exact) mass is 476 g/mol. The Morgan fingerprint density at radius 3 is 2.06 bits per heavy atom. The number of ether oxygens (including phenoxy) is 2. The molecule has 13 nitrogen and oxygen atoms in total. The summed E-state index contributed by atoms with van der Waals surface area (Å²) in [6.07, 6.45) is -6.46. The van der Waals surface area contributed by atoms with Crippen molar-refractivity contribution in [3.05, 3.63) is 0 Å². The van der Waals surface area contributed by atoms with Crippen LogP contribution < -0.4 is 5.32 Å². The first-order valence-electron chi connectivity index (χ1n) is 10.4. The van der Waals surface area contributed by atoms with Crippen LogP contribution in [-0.4, -0.2) is 117 Å². The Balaban J connectivity index is 3.08. The van der Waals surface area contributed by atoms with Crippen LogP contribution in [0.4, 0.5) is 9.59 Å². The van der Waals surface area contributed by atoms with Gasteiger partial charge in [0.15, 0.2) is 0 Å². The minimum Gasteiger partial charge on any atom is -0.444 e. The number of carbonyl (C=O) groups is 3. The highest BCUT2D eigenvalue weighted by atomic mass is 16.6. The maximum absolute atomic E-state index is 12.9. The first-order valence-corrected chi connectivity index (χ1v) is 10.4. The van der Waals surface area contributed by atoms with Crippen molar-refractivity contribution >= 4 is 24.1 Å². The SMILES string of the molecule is CN(CC(=O)N1C[C@H](O)[C@@H](O)[C@@H](O)C1CO)C(=NC(=O)OC(C)(C)C)NC(=O)OC(C)(C)C. The summed E-state index contributed by atoms with van der Waals surface area (Å²) in [5.41, 5.74) is -1.70. The molecule has 0 aromatic rings. The molecule has 5 N–H and O–H groups in total. The van der Waals surface area contributed by atoms with Crippen molar-refractivity contribution in [1.82, 2.24) is 15.1 Å². The molecule has 0 spiro atoms. The zero-order valence-electron chi connectivity index (χ0n) is 20.1. The number of hydrogen-bond acceptors (Lipinski definition) is 9. The van der Waals surface area contributed by atoms with Gasteiger partial charge in [-0.15, -0.1) is 4.99 Å². The molecule has 1 saturated heterocycles. The van der Waals surface area contributed by atoms with Crippen LogP contribution in [0.15, 0.2) is 4.99 Å². The van der Waals surface area contributed by atoms with Gasteiger partial charge in [0.2, 0.25) is 11.9 Å². The van der Waals surface area contributed by atoms with Gasteiger partial charge in [0.25, 0.3) is 0 Å². The summed E-state index contributed by atoms with van der Waals surface area (Å²) >= 11 is 0. The maximum Gasteiger partial charge on any atom is 0.437 e. The van der Waals surface area contributed by atoms with Crippen molar-refractivity contribution in [1.29, 1.82) is 0 Å². The lowest BCUT2D eigenvalue weighted by Crippen LogP contribution is -2.65. The van der Waals surface area contributed by atoms with E-state index in [4.69, 9.17) is 9.47 Å². The van der Waals surface area contributed by atoms with E-state index in [9.17, 15) is 34.8 Å². The summed E-state index contributed by atoms with van der Waals surface area (Å²) in [5, 5.41) is 41.7. The Bertz CT molecular complexity index is 745. The van der Waals surface area contributed by atoms with Gasteiger partial charge in [-0.05, 0) is 41.5 Å². The number of hydrogen-bond donors (Lipinski definition) is 5. The summed E-state index contributed by atoms with van der Waals surface area (Å²) in [6.45, 7) is 8.34. The smallest absolute Gasteiger partial charge is 0.437 e. The molecule has 13 heteroatoms. The van der Waals surface area contributed by atoms with E-state index in [0.717, 1.165) is 9.80 Å². The molecule has 0 bridgehead atoms. The highest BCUT2D eigenvalue weighted by molar-refractivity contribution is 6.00. The van der Waals surface area contributed by atoms with Crippen LogP contribution in [-0.2, 0) is 14.3 Å². The third-order valence-electron chi connectivity index (χ3n) is 4.37. The summed E-state index contributed by atoms with van der Waals surface area (Å²) in [6, 6.07) is -1.16. The molecule has 0 radical (unpaired) electrons. The molecule has 0 aliphatic carbocycles. The first kappa shape index (κ1) is 28.6. The number of rotatable bonds is 3. The van der Waals surface area contributed by atoms with Crippen molar-refractivity contribution in [3.8, 4) is 0 Å². The molecule has 1 fully saturated rings. The van der Waals surface area contributed by atoms with Gasteiger partial charge < -0.3 is 39.7 Å². The standard InChI is InChI=1S/C20H36N4O9/c1-19(2,3)32-17(30)21-16(22-18(31)33-20(4,5)6)23(7)9-13(27)24-8-12(26)15(29)14(28)11(24)10-25/h11-12,14-15,25-26,28-29H,8-10H2,1-7H3,(H,21,22,30,31)/t11?,12-,14-,15+/m0/s1. The van der Waals surface area contributed by atoms with Crippen LogP contribution in [0.5, 0.6) is 0 Å². The second kappa shape index (κ2) is 11.1. The van der Waals surface area contributed by atoms with E-state index in [-0.39, 0.29) is 12.5 Å². The largest absolute Gasteiger partial charge is 0.444 e. The third kappa shape index (κ3) is 9.12. The van der Waals surface area contributed by atoms with Gasteiger partial charge >= 0.3 is 12.2 Å². The number of likely N-dealkylation sites (N-methyl/N-ethyl adjacent to an activating group) is 1. The number of β-amino-alcohol motifs (C(OH)–C–C–N with tert-alkyl or cyclic N) is 1. The van der Waals surface area contributed by atoms with E-state index in [1.54, 1.807) is 41.5 Å². The highest BCUT2D eigenvalue weighted by Gasteiger charge is 2.43. The lowest BCUT2D eigenvalue weighted by molar-refractivity contribution is -0.166. The van der Waals surface area contributed by atoms with Gasteiger partial charge in [0.1, 0.15) is 29.5 Å². The number of aliphatic hydroxyl groups excluding tert-OH is 4. The molecule has 4 atom stereocenters. The number of alkyl carbamates (subject to hydrolysis) is 1. The fourth-order valence-corrected chi connectivity index (χ4v) is 2.92.